The van der Waals surface area contributed by atoms with Crippen molar-refractivity contribution in [1.82, 2.24) is 0 Å². The number of hydrogen-bond acceptors (Lipinski definition) is 1. The average molecular weight is 345 g/mol. The van der Waals surface area contributed by atoms with E-state index >= 15 is 0 Å². The second-order valence-electron chi connectivity index (χ2n) is 5.76. The normalized spacial score (nSPS) is 25.1. The number of rotatable bonds is 5. The van der Waals surface area contributed by atoms with E-state index in [1.165, 1.54) is 17.5 Å². The lowest BCUT2D eigenvalue weighted by atomic mass is 9.89. The van der Waals surface area contributed by atoms with Crippen molar-refractivity contribution in [3.63, 3.8) is 0 Å². The summed E-state index contributed by atoms with van der Waals surface area (Å²) < 4.78 is 6.27. The molecule has 3 rings (SSSR count). The molecule has 0 radical (unpaired) electrons. The topological polar surface area (TPSA) is 9.23 Å². The molecule has 1 nitrogen and oxygen atoms in total. The fraction of sp³-hybridized carbons (Fsp3) is 0.368. The largest absolute Gasteiger partial charge is 0.373 e. The first-order valence-corrected chi connectivity index (χ1v) is 8.77. The smallest absolute Gasteiger partial charge is 0.0720 e. The predicted molar refractivity (Wildman–Crippen MR) is 90.7 cm³/mol. The van der Waals surface area contributed by atoms with Crippen molar-refractivity contribution >= 4 is 15.9 Å². The van der Waals surface area contributed by atoms with Crippen molar-refractivity contribution in [2.75, 3.05) is 5.33 Å². The van der Waals surface area contributed by atoms with Gasteiger partial charge in [-0.2, -0.15) is 0 Å². The van der Waals surface area contributed by atoms with Gasteiger partial charge in [-0.25, -0.2) is 0 Å². The first kappa shape index (κ1) is 14.8. The highest BCUT2D eigenvalue weighted by Crippen LogP contribution is 2.42. The molecule has 2 aromatic carbocycles. The van der Waals surface area contributed by atoms with Gasteiger partial charge in [0, 0.05) is 11.2 Å². The van der Waals surface area contributed by atoms with Gasteiger partial charge >= 0.3 is 0 Å². The summed E-state index contributed by atoms with van der Waals surface area (Å²) in [6.07, 6.45) is 2.72. The number of halogens is 1. The van der Waals surface area contributed by atoms with Crippen LogP contribution in [-0.4, -0.2) is 11.4 Å². The molecule has 0 saturated heterocycles. The van der Waals surface area contributed by atoms with Crippen LogP contribution < -0.4 is 0 Å². The molecule has 0 amide bonds. The third-order valence-corrected chi connectivity index (χ3v) is 5.25. The Morgan fingerprint density at radius 3 is 2.24 bits per heavy atom. The van der Waals surface area contributed by atoms with Crippen LogP contribution in [0.2, 0.25) is 0 Å². The lowest BCUT2D eigenvalue weighted by molar-refractivity contribution is 0.0309. The lowest BCUT2D eigenvalue weighted by Gasteiger charge is -2.24. The number of ether oxygens (including phenoxy) is 1. The Balaban J connectivity index is 1.71. The highest BCUT2D eigenvalue weighted by atomic mass is 79.9. The summed E-state index contributed by atoms with van der Waals surface area (Å²) in [4.78, 5) is 0. The van der Waals surface area contributed by atoms with Crippen molar-refractivity contribution in [2.45, 2.75) is 31.5 Å². The van der Waals surface area contributed by atoms with Crippen LogP contribution in [-0.2, 0) is 11.3 Å². The zero-order valence-electron chi connectivity index (χ0n) is 12.1. The molecule has 0 bridgehead atoms. The number of benzene rings is 2. The molecule has 21 heavy (non-hydrogen) atoms. The van der Waals surface area contributed by atoms with Gasteiger partial charge in [-0.05, 0) is 29.9 Å². The van der Waals surface area contributed by atoms with Crippen LogP contribution >= 0.6 is 15.9 Å². The van der Waals surface area contributed by atoms with Crippen LogP contribution in [0.15, 0.2) is 60.7 Å². The minimum absolute atomic E-state index is 0.329. The molecule has 3 atom stereocenters. The molecule has 0 N–H and O–H groups in total. The Hall–Kier alpha value is -1.12. The minimum Gasteiger partial charge on any atom is -0.373 e. The van der Waals surface area contributed by atoms with E-state index in [0.717, 1.165) is 11.8 Å². The second kappa shape index (κ2) is 7.24. The van der Waals surface area contributed by atoms with Crippen LogP contribution in [0.5, 0.6) is 0 Å². The van der Waals surface area contributed by atoms with Crippen molar-refractivity contribution < 1.29 is 4.74 Å². The first-order chi connectivity index (χ1) is 10.4. The molecule has 0 heterocycles. The van der Waals surface area contributed by atoms with Gasteiger partial charge in [0.05, 0.1) is 12.7 Å². The van der Waals surface area contributed by atoms with Gasteiger partial charge in [0.15, 0.2) is 0 Å². The number of hydrogen-bond donors (Lipinski definition) is 0. The number of alkyl halides is 1. The van der Waals surface area contributed by atoms with E-state index in [1.807, 2.05) is 6.07 Å². The third-order valence-electron chi connectivity index (χ3n) is 4.42. The lowest BCUT2D eigenvalue weighted by Crippen LogP contribution is -2.21. The van der Waals surface area contributed by atoms with Gasteiger partial charge in [-0.3, -0.25) is 0 Å². The van der Waals surface area contributed by atoms with Crippen LogP contribution in [0.3, 0.4) is 0 Å². The highest BCUT2D eigenvalue weighted by Gasteiger charge is 2.37. The summed E-state index contributed by atoms with van der Waals surface area (Å²) in [7, 11) is 0. The van der Waals surface area contributed by atoms with Gasteiger partial charge in [-0.15, -0.1) is 0 Å². The summed E-state index contributed by atoms with van der Waals surface area (Å²) in [6.45, 7) is 0.712. The minimum atomic E-state index is 0.329. The summed E-state index contributed by atoms with van der Waals surface area (Å²) in [5, 5.41) is 1.05. The molecule has 2 aromatic rings. The highest BCUT2D eigenvalue weighted by molar-refractivity contribution is 9.09. The zero-order valence-corrected chi connectivity index (χ0v) is 13.7. The predicted octanol–water partition coefficient (Wildman–Crippen LogP) is 5.16. The van der Waals surface area contributed by atoms with E-state index in [-0.39, 0.29) is 0 Å². The van der Waals surface area contributed by atoms with Crippen LogP contribution in [0, 0.1) is 5.92 Å². The molecule has 110 valence electrons. The van der Waals surface area contributed by atoms with E-state index in [9.17, 15) is 0 Å². The molecule has 1 saturated carbocycles. The molecule has 0 spiro atoms. The van der Waals surface area contributed by atoms with Gasteiger partial charge in [0.25, 0.3) is 0 Å². The van der Waals surface area contributed by atoms with Crippen LogP contribution in [0.4, 0.5) is 0 Å². The molecule has 1 aliphatic carbocycles. The monoisotopic (exact) mass is 344 g/mol. The third kappa shape index (κ3) is 3.56. The second-order valence-corrected chi connectivity index (χ2v) is 6.41. The summed E-state index contributed by atoms with van der Waals surface area (Å²) >= 11 is 3.68. The molecular weight excluding hydrogens is 324 g/mol. The van der Waals surface area contributed by atoms with Crippen molar-refractivity contribution in [3.8, 4) is 0 Å². The van der Waals surface area contributed by atoms with Crippen molar-refractivity contribution in [1.29, 1.82) is 0 Å². The Labute approximate surface area is 135 Å². The SMILES string of the molecule is BrCC1CCC(OCc2ccccc2)C1c1ccccc1. The van der Waals surface area contributed by atoms with E-state index in [0.29, 0.717) is 24.5 Å². The Bertz CT molecular complexity index is 540. The molecule has 0 aliphatic heterocycles. The van der Waals surface area contributed by atoms with E-state index < -0.39 is 0 Å². The zero-order chi connectivity index (χ0) is 14.5. The maximum absolute atomic E-state index is 6.27. The first-order valence-electron chi connectivity index (χ1n) is 7.65. The van der Waals surface area contributed by atoms with Crippen LogP contribution in [0.1, 0.15) is 29.9 Å². The molecular formula is C19H21BrO. The molecule has 3 unspecified atom stereocenters. The fourth-order valence-electron chi connectivity index (χ4n) is 3.34. The van der Waals surface area contributed by atoms with Crippen LogP contribution in [0.25, 0.3) is 0 Å². The van der Waals surface area contributed by atoms with E-state index in [1.54, 1.807) is 0 Å². The summed E-state index contributed by atoms with van der Waals surface area (Å²) in [5.74, 6) is 1.18. The Morgan fingerprint density at radius 2 is 1.57 bits per heavy atom. The van der Waals surface area contributed by atoms with E-state index in [4.69, 9.17) is 4.74 Å². The maximum atomic E-state index is 6.27. The van der Waals surface area contributed by atoms with Gasteiger partial charge in [0.2, 0.25) is 0 Å². The summed E-state index contributed by atoms with van der Waals surface area (Å²) in [6, 6.07) is 21.3. The quantitative estimate of drug-likeness (QED) is 0.680. The van der Waals surface area contributed by atoms with Crippen molar-refractivity contribution in [3.05, 3.63) is 71.8 Å². The Morgan fingerprint density at radius 1 is 0.905 bits per heavy atom. The standard InChI is InChI=1S/C19H21BrO/c20-13-17-11-12-18(19(17)16-9-5-2-6-10-16)21-14-15-7-3-1-4-8-15/h1-10,17-19H,11-14H2. The van der Waals surface area contributed by atoms with Crippen molar-refractivity contribution in [2.24, 2.45) is 5.92 Å². The van der Waals surface area contributed by atoms with Gasteiger partial charge in [-0.1, -0.05) is 76.6 Å². The maximum Gasteiger partial charge on any atom is 0.0720 e. The molecule has 0 aromatic heterocycles. The average Bonchev–Trinajstić information content (AvgIpc) is 2.97. The molecule has 1 aliphatic rings. The Kier molecular flexibility index (Phi) is 5.10. The van der Waals surface area contributed by atoms with E-state index in [2.05, 4.69) is 70.5 Å². The fourth-order valence-corrected chi connectivity index (χ4v) is 4.07. The van der Waals surface area contributed by atoms with Gasteiger partial charge in [0.1, 0.15) is 0 Å². The van der Waals surface area contributed by atoms with Gasteiger partial charge < -0.3 is 4.74 Å². The molecule has 1 fully saturated rings. The molecule has 2 heteroatoms. The summed E-state index contributed by atoms with van der Waals surface area (Å²) in [5.41, 5.74) is 2.67.